The monoisotopic (exact) mass is 369 g/mol. The summed E-state index contributed by atoms with van der Waals surface area (Å²) in [6.45, 7) is 5.44. The summed E-state index contributed by atoms with van der Waals surface area (Å²) in [4.78, 5) is 28.1. The third kappa shape index (κ3) is 3.47. The molecule has 6 heteroatoms. The van der Waals surface area contributed by atoms with Crippen LogP contribution in [0, 0.1) is 6.92 Å². The SMILES string of the molecule is C=CCOC(=O)c1[nH]c2c(c1C)C(=O)C[C@H](c1ccc(OC)c(OC)c1)C2. The average molecular weight is 369 g/mol. The molecule has 0 spiro atoms. The lowest BCUT2D eigenvalue weighted by Gasteiger charge is -2.23. The fraction of sp³-hybridized carbons (Fsp3) is 0.333. The normalized spacial score (nSPS) is 15.8. The Balaban J connectivity index is 1.91. The van der Waals surface area contributed by atoms with Crippen LogP contribution in [0.4, 0.5) is 0 Å². The largest absolute Gasteiger partial charge is 0.493 e. The highest BCUT2D eigenvalue weighted by atomic mass is 16.5. The number of ketones is 1. The number of aromatic amines is 1. The molecule has 0 aliphatic heterocycles. The van der Waals surface area contributed by atoms with E-state index in [0.717, 1.165) is 11.3 Å². The van der Waals surface area contributed by atoms with E-state index in [0.29, 0.717) is 41.2 Å². The van der Waals surface area contributed by atoms with Gasteiger partial charge in [-0.25, -0.2) is 4.79 Å². The Morgan fingerprint density at radius 1 is 1.26 bits per heavy atom. The fourth-order valence-corrected chi connectivity index (χ4v) is 3.59. The fourth-order valence-electron chi connectivity index (χ4n) is 3.59. The number of esters is 1. The van der Waals surface area contributed by atoms with E-state index in [9.17, 15) is 9.59 Å². The molecule has 0 bridgehead atoms. The quantitative estimate of drug-likeness (QED) is 0.622. The van der Waals surface area contributed by atoms with Crippen molar-refractivity contribution >= 4 is 11.8 Å². The number of benzene rings is 1. The topological polar surface area (TPSA) is 77.6 Å². The van der Waals surface area contributed by atoms with Crippen LogP contribution in [0.25, 0.3) is 0 Å². The number of H-pyrrole nitrogens is 1. The lowest BCUT2D eigenvalue weighted by Crippen LogP contribution is -2.18. The first-order valence-electron chi connectivity index (χ1n) is 8.74. The molecule has 27 heavy (non-hydrogen) atoms. The Morgan fingerprint density at radius 3 is 2.67 bits per heavy atom. The van der Waals surface area contributed by atoms with E-state index in [4.69, 9.17) is 14.2 Å². The Labute approximate surface area is 158 Å². The van der Waals surface area contributed by atoms with Crippen molar-refractivity contribution in [2.45, 2.75) is 25.7 Å². The highest BCUT2D eigenvalue weighted by Crippen LogP contribution is 2.38. The summed E-state index contributed by atoms with van der Waals surface area (Å²) in [7, 11) is 3.17. The summed E-state index contributed by atoms with van der Waals surface area (Å²) in [5.41, 5.74) is 3.36. The van der Waals surface area contributed by atoms with E-state index in [-0.39, 0.29) is 18.3 Å². The van der Waals surface area contributed by atoms with Crippen molar-refractivity contribution in [3.05, 3.63) is 58.9 Å². The van der Waals surface area contributed by atoms with Gasteiger partial charge in [-0.1, -0.05) is 18.7 Å². The molecule has 1 aliphatic carbocycles. The molecule has 0 radical (unpaired) electrons. The van der Waals surface area contributed by atoms with E-state index < -0.39 is 5.97 Å². The Hall–Kier alpha value is -3.02. The van der Waals surface area contributed by atoms with Crippen LogP contribution in [-0.2, 0) is 11.2 Å². The molecule has 0 amide bonds. The van der Waals surface area contributed by atoms with Crippen molar-refractivity contribution in [3.63, 3.8) is 0 Å². The van der Waals surface area contributed by atoms with Gasteiger partial charge in [-0.05, 0) is 42.5 Å². The van der Waals surface area contributed by atoms with Gasteiger partial charge in [-0.15, -0.1) is 0 Å². The maximum absolute atomic E-state index is 12.8. The van der Waals surface area contributed by atoms with Crippen molar-refractivity contribution < 1.29 is 23.8 Å². The number of Topliss-reactive ketones (excluding diaryl/α,β-unsaturated/α-hetero) is 1. The Morgan fingerprint density at radius 2 is 2.00 bits per heavy atom. The van der Waals surface area contributed by atoms with Crippen molar-refractivity contribution in [2.24, 2.45) is 0 Å². The molecule has 1 aromatic carbocycles. The van der Waals surface area contributed by atoms with Gasteiger partial charge in [-0.2, -0.15) is 0 Å². The van der Waals surface area contributed by atoms with Crippen molar-refractivity contribution in [1.82, 2.24) is 4.98 Å². The summed E-state index contributed by atoms with van der Waals surface area (Å²) >= 11 is 0. The number of rotatable bonds is 6. The molecule has 0 fully saturated rings. The highest BCUT2D eigenvalue weighted by Gasteiger charge is 2.32. The maximum Gasteiger partial charge on any atom is 0.355 e. The van der Waals surface area contributed by atoms with Gasteiger partial charge in [0, 0.05) is 17.7 Å². The molecule has 0 saturated heterocycles. The molecule has 0 unspecified atom stereocenters. The molecule has 1 aromatic heterocycles. The second-order valence-corrected chi connectivity index (χ2v) is 6.51. The van der Waals surface area contributed by atoms with E-state index in [1.165, 1.54) is 6.08 Å². The minimum Gasteiger partial charge on any atom is -0.493 e. The first-order chi connectivity index (χ1) is 13.0. The number of carbonyl (C=O) groups is 2. The van der Waals surface area contributed by atoms with Crippen molar-refractivity contribution in [2.75, 3.05) is 20.8 Å². The predicted molar refractivity (Wildman–Crippen MR) is 101 cm³/mol. The van der Waals surface area contributed by atoms with Gasteiger partial charge in [0.2, 0.25) is 0 Å². The van der Waals surface area contributed by atoms with E-state index in [1.54, 1.807) is 21.1 Å². The van der Waals surface area contributed by atoms with Gasteiger partial charge in [0.05, 0.1) is 14.2 Å². The van der Waals surface area contributed by atoms with Crippen LogP contribution in [0.1, 0.15) is 50.0 Å². The van der Waals surface area contributed by atoms with Gasteiger partial charge in [0.15, 0.2) is 17.3 Å². The Kier molecular flexibility index (Phi) is 5.35. The molecule has 6 nitrogen and oxygen atoms in total. The molecule has 1 atom stereocenters. The number of ether oxygens (including phenoxy) is 3. The van der Waals surface area contributed by atoms with Crippen molar-refractivity contribution in [3.8, 4) is 11.5 Å². The molecular formula is C21H23NO5. The number of aromatic nitrogens is 1. The number of nitrogens with one attached hydrogen (secondary N) is 1. The second kappa shape index (κ2) is 7.70. The third-order valence-corrected chi connectivity index (χ3v) is 4.90. The van der Waals surface area contributed by atoms with Gasteiger partial charge >= 0.3 is 5.97 Å². The van der Waals surface area contributed by atoms with Gasteiger partial charge in [-0.3, -0.25) is 4.79 Å². The molecule has 142 valence electrons. The lowest BCUT2D eigenvalue weighted by atomic mass is 9.81. The minimum absolute atomic E-state index is 0.0000910. The first-order valence-corrected chi connectivity index (χ1v) is 8.74. The van der Waals surface area contributed by atoms with Gasteiger partial charge in [0.1, 0.15) is 12.3 Å². The number of fused-ring (bicyclic) bond motifs is 1. The van der Waals surface area contributed by atoms with Crippen LogP contribution in [0.5, 0.6) is 11.5 Å². The van der Waals surface area contributed by atoms with E-state index in [2.05, 4.69) is 11.6 Å². The summed E-state index contributed by atoms with van der Waals surface area (Å²) in [6.07, 6.45) is 2.52. The predicted octanol–water partition coefficient (Wildman–Crippen LogP) is 3.60. The van der Waals surface area contributed by atoms with Crippen LogP contribution in [0.15, 0.2) is 30.9 Å². The zero-order valence-electron chi connectivity index (χ0n) is 15.8. The van der Waals surface area contributed by atoms with Crippen LogP contribution in [-0.4, -0.2) is 37.6 Å². The Bertz CT molecular complexity index is 896. The smallest absolute Gasteiger partial charge is 0.355 e. The first kappa shape index (κ1) is 18.8. The van der Waals surface area contributed by atoms with Crippen LogP contribution < -0.4 is 9.47 Å². The number of hydrogen-bond donors (Lipinski definition) is 1. The number of methoxy groups -OCH3 is 2. The molecule has 0 saturated carbocycles. The summed E-state index contributed by atoms with van der Waals surface area (Å²) in [5, 5.41) is 0. The summed E-state index contributed by atoms with van der Waals surface area (Å²) in [6, 6.07) is 5.68. The zero-order chi connectivity index (χ0) is 19.6. The van der Waals surface area contributed by atoms with E-state index >= 15 is 0 Å². The average Bonchev–Trinajstić information content (AvgIpc) is 3.02. The maximum atomic E-state index is 12.8. The zero-order valence-corrected chi connectivity index (χ0v) is 15.8. The van der Waals surface area contributed by atoms with Crippen LogP contribution in [0.2, 0.25) is 0 Å². The standard InChI is InChI=1S/C21H23NO5/c1-5-8-27-21(24)20-12(2)19-15(22-20)9-14(10-16(19)23)13-6-7-17(25-3)18(11-13)26-4/h5-7,11,14,22H,1,8-10H2,2-4H3/t14-/m1/s1. The summed E-state index contributed by atoms with van der Waals surface area (Å²) < 4.78 is 15.8. The molecule has 1 aliphatic rings. The van der Waals surface area contributed by atoms with Crippen LogP contribution >= 0.6 is 0 Å². The van der Waals surface area contributed by atoms with Gasteiger partial charge < -0.3 is 19.2 Å². The molecule has 1 heterocycles. The lowest BCUT2D eigenvalue weighted by molar-refractivity contribution is 0.0542. The molecule has 3 rings (SSSR count). The molecule has 1 N–H and O–H groups in total. The van der Waals surface area contributed by atoms with E-state index in [1.807, 2.05) is 18.2 Å². The van der Waals surface area contributed by atoms with Crippen molar-refractivity contribution in [1.29, 1.82) is 0 Å². The molecule has 2 aromatic rings. The van der Waals surface area contributed by atoms with Gasteiger partial charge in [0.25, 0.3) is 0 Å². The third-order valence-electron chi connectivity index (χ3n) is 4.90. The van der Waals surface area contributed by atoms with Crippen LogP contribution in [0.3, 0.4) is 0 Å². The second-order valence-electron chi connectivity index (χ2n) is 6.51. The highest BCUT2D eigenvalue weighted by molar-refractivity contribution is 6.03. The summed E-state index contributed by atoms with van der Waals surface area (Å²) in [5.74, 6) is 0.821. The minimum atomic E-state index is -0.475. The number of hydrogen-bond acceptors (Lipinski definition) is 5. The molecular weight excluding hydrogens is 346 g/mol. The number of carbonyl (C=O) groups excluding carboxylic acids is 2.